The molecular weight excluding hydrogens is 436 g/mol. The average molecular weight is 466 g/mol. The summed E-state index contributed by atoms with van der Waals surface area (Å²) in [6, 6.07) is -0.00888. The van der Waals surface area contributed by atoms with Crippen molar-refractivity contribution in [2.24, 2.45) is 10.9 Å². The molecule has 0 aromatic carbocycles. The Balaban J connectivity index is 0.00000529. The van der Waals surface area contributed by atoms with Crippen LogP contribution in [0.2, 0.25) is 0 Å². The number of aliphatic imine (C=N–C) groups is 1. The molecule has 1 unspecified atom stereocenters. The van der Waals surface area contributed by atoms with Gasteiger partial charge in [-0.3, -0.25) is 9.89 Å². The summed E-state index contributed by atoms with van der Waals surface area (Å²) in [7, 11) is 1.65. The molecule has 24 heavy (non-hydrogen) atoms. The van der Waals surface area contributed by atoms with Gasteiger partial charge in [-0.25, -0.2) is 0 Å². The van der Waals surface area contributed by atoms with Crippen LogP contribution in [0.3, 0.4) is 0 Å². The van der Waals surface area contributed by atoms with Crippen molar-refractivity contribution in [2.75, 3.05) is 46.4 Å². The Hall–Kier alpha value is -0.290. The predicted molar refractivity (Wildman–Crippen MR) is 101 cm³/mol. The summed E-state index contributed by atoms with van der Waals surface area (Å²) in [5.41, 5.74) is 0. The van der Waals surface area contributed by atoms with Gasteiger partial charge in [0.05, 0.1) is 13.2 Å². The molecule has 1 aliphatic heterocycles. The Labute approximate surface area is 159 Å². The van der Waals surface area contributed by atoms with Crippen LogP contribution in [0.15, 0.2) is 4.99 Å². The average Bonchev–Trinajstić information content (AvgIpc) is 2.85. The van der Waals surface area contributed by atoms with Gasteiger partial charge in [-0.1, -0.05) is 13.8 Å². The van der Waals surface area contributed by atoms with Crippen LogP contribution >= 0.6 is 24.0 Å². The standard InChI is InChI=1S/C15H29F3N4O.HI/c1-12(2)5-8-23-9-6-20-14(19-3)21-13-4-7-22(10-13)11-15(16,17)18;/h12-13H,4-11H2,1-3H3,(H2,19,20,21);1H. The highest BCUT2D eigenvalue weighted by molar-refractivity contribution is 14.0. The van der Waals surface area contributed by atoms with E-state index in [1.165, 1.54) is 4.90 Å². The molecule has 144 valence electrons. The van der Waals surface area contributed by atoms with Crippen LogP contribution in [0.1, 0.15) is 26.7 Å². The number of likely N-dealkylation sites (tertiary alicyclic amines) is 1. The quantitative estimate of drug-likeness (QED) is 0.250. The van der Waals surface area contributed by atoms with Gasteiger partial charge in [0.1, 0.15) is 0 Å². The lowest BCUT2D eigenvalue weighted by molar-refractivity contribution is -0.143. The lowest BCUT2D eigenvalue weighted by atomic mass is 10.1. The van der Waals surface area contributed by atoms with E-state index < -0.39 is 12.7 Å². The summed E-state index contributed by atoms with van der Waals surface area (Å²) < 4.78 is 42.6. The molecule has 5 nitrogen and oxygen atoms in total. The minimum atomic E-state index is -4.14. The number of nitrogens with one attached hydrogen (secondary N) is 2. The maximum Gasteiger partial charge on any atom is 0.401 e. The SMILES string of the molecule is CN=C(NCCOCCC(C)C)NC1CCN(CC(F)(F)F)C1.I. The minimum absolute atomic E-state index is 0. The number of alkyl halides is 3. The molecule has 9 heteroatoms. The fraction of sp³-hybridized carbons (Fsp3) is 0.933. The smallest absolute Gasteiger partial charge is 0.380 e. The largest absolute Gasteiger partial charge is 0.401 e. The van der Waals surface area contributed by atoms with Crippen molar-refractivity contribution in [3.8, 4) is 0 Å². The zero-order chi connectivity index (χ0) is 17.3. The second-order valence-electron chi connectivity index (χ2n) is 6.27. The van der Waals surface area contributed by atoms with Gasteiger partial charge in [-0.05, 0) is 18.8 Å². The molecule has 0 aliphatic carbocycles. The van der Waals surface area contributed by atoms with Crippen LogP contribution < -0.4 is 10.6 Å². The third kappa shape index (κ3) is 11.3. The van der Waals surface area contributed by atoms with Crippen molar-refractivity contribution in [3.63, 3.8) is 0 Å². The maximum absolute atomic E-state index is 12.4. The summed E-state index contributed by atoms with van der Waals surface area (Å²) in [4.78, 5) is 5.51. The molecular formula is C15H30F3IN4O. The fourth-order valence-corrected chi connectivity index (χ4v) is 2.40. The Morgan fingerprint density at radius 3 is 2.62 bits per heavy atom. The molecule has 1 aliphatic rings. The topological polar surface area (TPSA) is 48.9 Å². The molecule has 2 N–H and O–H groups in total. The first-order valence-corrected chi connectivity index (χ1v) is 8.14. The lowest BCUT2D eigenvalue weighted by Gasteiger charge is -2.19. The van der Waals surface area contributed by atoms with Crippen LogP contribution in [0.5, 0.6) is 0 Å². The van der Waals surface area contributed by atoms with Gasteiger partial charge in [-0.15, -0.1) is 24.0 Å². The summed E-state index contributed by atoms with van der Waals surface area (Å²) in [6.07, 6.45) is -2.42. The molecule has 1 saturated heterocycles. The van der Waals surface area contributed by atoms with Gasteiger partial charge in [0, 0.05) is 39.3 Å². The molecule has 1 atom stereocenters. The van der Waals surface area contributed by atoms with E-state index in [0.29, 0.717) is 44.5 Å². The van der Waals surface area contributed by atoms with Crippen molar-refractivity contribution in [2.45, 2.75) is 38.9 Å². The predicted octanol–water partition coefficient (Wildman–Crippen LogP) is 2.47. The second-order valence-corrected chi connectivity index (χ2v) is 6.27. The van der Waals surface area contributed by atoms with E-state index in [2.05, 4.69) is 29.5 Å². The summed E-state index contributed by atoms with van der Waals surface area (Å²) >= 11 is 0. The molecule has 1 rings (SSSR count). The Morgan fingerprint density at radius 1 is 1.33 bits per heavy atom. The first-order valence-electron chi connectivity index (χ1n) is 8.14. The number of hydrogen-bond acceptors (Lipinski definition) is 3. The van der Waals surface area contributed by atoms with Crippen molar-refractivity contribution < 1.29 is 17.9 Å². The molecule has 0 radical (unpaired) electrons. The van der Waals surface area contributed by atoms with Gasteiger partial charge in [0.2, 0.25) is 0 Å². The molecule has 0 saturated carbocycles. The maximum atomic E-state index is 12.4. The van der Waals surface area contributed by atoms with E-state index in [0.717, 1.165) is 13.0 Å². The molecule has 0 aromatic rings. The number of hydrogen-bond donors (Lipinski definition) is 2. The van der Waals surface area contributed by atoms with Crippen molar-refractivity contribution >= 4 is 29.9 Å². The van der Waals surface area contributed by atoms with E-state index in [4.69, 9.17) is 4.74 Å². The molecule has 0 spiro atoms. The number of ether oxygens (including phenoxy) is 1. The van der Waals surface area contributed by atoms with Gasteiger partial charge in [0.15, 0.2) is 5.96 Å². The molecule has 0 amide bonds. The summed E-state index contributed by atoms with van der Waals surface area (Å²) in [5, 5.41) is 6.29. The first kappa shape index (κ1) is 23.7. The molecule has 1 heterocycles. The Bertz CT molecular complexity index is 367. The lowest BCUT2D eigenvalue weighted by Crippen LogP contribution is -2.46. The normalized spacial score (nSPS) is 19.5. The van der Waals surface area contributed by atoms with Crippen LogP contribution in [0.4, 0.5) is 13.2 Å². The third-order valence-electron chi connectivity index (χ3n) is 3.62. The minimum Gasteiger partial charge on any atom is -0.380 e. The van der Waals surface area contributed by atoms with Gasteiger partial charge in [-0.2, -0.15) is 13.2 Å². The van der Waals surface area contributed by atoms with Crippen molar-refractivity contribution in [1.29, 1.82) is 0 Å². The molecule has 0 aromatic heterocycles. The van der Waals surface area contributed by atoms with E-state index in [9.17, 15) is 13.2 Å². The monoisotopic (exact) mass is 466 g/mol. The highest BCUT2D eigenvalue weighted by atomic mass is 127. The highest BCUT2D eigenvalue weighted by Gasteiger charge is 2.34. The van der Waals surface area contributed by atoms with E-state index in [1.807, 2.05) is 0 Å². The second kappa shape index (κ2) is 12.1. The van der Waals surface area contributed by atoms with Gasteiger partial charge < -0.3 is 15.4 Å². The molecule has 1 fully saturated rings. The Morgan fingerprint density at radius 2 is 2.04 bits per heavy atom. The number of halogens is 4. The van der Waals surface area contributed by atoms with Crippen molar-refractivity contribution in [1.82, 2.24) is 15.5 Å². The van der Waals surface area contributed by atoms with Crippen molar-refractivity contribution in [3.05, 3.63) is 0 Å². The zero-order valence-corrected chi connectivity index (χ0v) is 17.0. The molecule has 0 bridgehead atoms. The van der Waals surface area contributed by atoms with E-state index >= 15 is 0 Å². The van der Waals surface area contributed by atoms with Crippen LogP contribution in [0, 0.1) is 5.92 Å². The number of nitrogens with zero attached hydrogens (tertiary/aromatic N) is 2. The van der Waals surface area contributed by atoms with Gasteiger partial charge >= 0.3 is 6.18 Å². The summed E-state index contributed by atoms with van der Waals surface area (Å²) in [5.74, 6) is 1.23. The van der Waals surface area contributed by atoms with E-state index in [-0.39, 0.29) is 30.0 Å². The first-order chi connectivity index (χ1) is 10.8. The van der Waals surface area contributed by atoms with Gasteiger partial charge in [0.25, 0.3) is 0 Å². The van der Waals surface area contributed by atoms with Crippen LogP contribution in [-0.2, 0) is 4.74 Å². The fourth-order valence-electron chi connectivity index (χ4n) is 2.40. The van der Waals surface area contributed by atoms with Crippen LogP contribution in [-0.4, -0.2) is 69.5 Å². The Kier molecular flexibility index (Phi) is 12.0. The van der Waals surface area contributed by atoms with E-state index in [1.54, 1.807) is 7.05 Å². The summed E-state index contributed by atoms with van der Waals surface area (Å²) in [6.45, 7) is 6.22. The van der Waals surface area contributed by atoms with Crippen LogP contribution in [0.25, 0.3) is 0 Å². The highest BCUT2D eigenvalue weighted by Crippen LogP contribution is 2.19. The number of rotatable bonds is 8. The zero-order valence-electron chi connectivity index (χ0n) is 14.7. The number of guanidine groups is 1. The third-order valence-corrected chi connectivity index (χ3v) is 3.62.